The molecule has 1 N–H and O–H groups in total. The fraction of sp³-hybridized carbons (Fsp3) is 0.389. The number of aromatic nitrogens is 1. The van der Waals surface area contributed by atoms with E-state index in [-0.39, 0.29) is 24.8 Å². The van der Waals surface area contributed by atoms with Crippen molar-refractivity contribution in [2.75, 3.05) is 18.1 Å². The number of anilines is 1. The van der Waals surface area contributed by atoms with Gasteiger partial charge in [0.2, 0.25) is 5.88 Å². The largest absolute Gasteiger partial charge is 0.475 e. The highest BCUT2D eigenvalue weighted by atomic mass is 35.5. The molecule has 0 bridgehead atoms. The Morgan fingerprint density at radius 3 is 2.50 bits per heavy atom. The SMILES string of the molecule is Cl.Cl.c1ccc2c(c1)CN(c1cccnc1OC[C@H]1CCCN1)C2. The van der Waals surface area contributed by atoms with Gasteiger partial charge in [-0.15, -0.1) is 24.8 Å². The number of pyridine rings is 1. The van der Waals surface area contributed by atoms with Crippen molar-refractivity contribution in [1.29, 1.82) is 0 Å². The Kier molecular flexibility index (Phi) is 6.72. The minimum Gasteiger partial charge on any atom is -0.475 e. The first-order valence-electron chi connectivity index (χ1n) is 8.03. The first kappa shape index (κ1) is 18.8. The number of halogens is 2. The molecular weight excluding hydrogens is 345 g/mol. The summed E-state index contributed by atoms with van der Waals surface area (Å²) >= 11 is 0. The van der Waals surface area contributed by atoms with Gasteiger partial charge in [-0.25, -0.2) is 4.98 Å². The van der Waals surface area contributed by atoms with Crippen LogP contribution in [0.25, 0.3) is 0 Å². The molecule has 0 radical (unpaired) electrons. The highest BCUT2D eigenvalue weighted by molar-refractivity contribution is 5.85. The number of nitrogens with one attached hydrogen (secondary N) is 1. The standard InChI is InChI=1S/C18H21N3O.2ClH/c1-2-6-15-12-21(11-14(15)5-1)17-8-4-10-20-18(17)22-13-16-7-3-9-19-16;;/h1-2,4-6,8,10,16,19H,3,7,9,11-13H2;2*1H/t16-;;/m1../s1. The van der Waals surface area contributed by atoms with E-state index >= 15 is 0 Å². The van der Waals surface area contributed by atoms with E-state index in [1.807, 2.05) is 12.3 Å². The van der Waals surface area contributed by atoms with Crippen LogP contribution in [-0.4, -0.2) is 24.2 Å². The van der Waals surface area contributed by atoms with Crippen molar-refractivity contribution < 1.29 is 4.74 Å². The summed E-state index contributed by atoms with van der Waals surface area (Å²) in [6, 6.07) is 13.2. The Hall–Kier alpha value is -1.49. The minimum absolute atomic E-state index is 0. The number of hydrogen-bond acceptors (Lipinski definition) is 4. The van der Waals surface area contributed by atoms with E-state index in [2.05, 4.69) is 45.5 Å². The van der Waals surface area contributed by atoms with Gasteiger partial charge >= 0.3 is 0 Å². The summed E-state index contributed by atoms with van der Waals surface area (Å²) < 4.78 is 6.02. The van der Waals surface area contributed by atoms with E-state index in [0.29, 0.717) is 12.6 Å². The summed E-state index contributed by atoms with van der Waals surface area (Å²) in [6.45, 7) is 3.66. The third-order valence-electron chi connectivity index (χ3n) is 4.52. The number of benzene rings is 1. The summed E-state index contributed by atoms with van der Waals surface area (Å²) in [5.74, 6) is 0.754. The molecule has 1 fully saturated rings. The second-order valence-electron chi connectivity index (χ2n) is 6.06. The van der Waals surface area contributed by atoms with Crippen LogP contribution in [0.2, 0.25) is 0 Å². The molecule has 4 nitrogen and oxygen atoms in total. The molecule has 0 aliphatic carbocycles. The molecule has 130 valence electrons. The molecule has 2 aliphatic heterocycles. The summed E-state index contributed by atoms with van der Waals surface area (Å²) in [5, 5.41) is 3.46. The predicted molar refractivity (Wildman–Crippen MR) is 102 cm³/mol. The molecule has 2 aliphatic rings. The first-order valence-corrected chi connectivity index (χ1v) is 8.03. The average molecular weight is 368 g/mol. The minimum atomic E-state index is 0. The van der Waals surface area contributed by atoms with Crippen LogP contribution in [0.1, 0.15) is 24.0 Å². The predicted octanol–water partition coefficient (Wildman–Crippen LogP) is 3.58. The van der Waals surface area contributed by atoms with E-state index in [0.717, 1.165) is 31.2 Å². The summed E-state index contributed by atoms with van der Waals surface area (Å²) in [7, 11) is 0. The second-order valence-corrected chi connectivity index (χ2v) is 6.06. The summed E-state index contributed by atoms with van der Waals surface area (Å²) in [4.78, 5) is 6.80. The zero-order valence-electron chi connectivity index (χ0n) is 13.5. The molecule has 24 heavy (non-hydrogen) atoms. The van der Waals surface area contributed by atoms with Gasteiger partial charge < -0.3 is 15.0 Å². The van der Waals surface area contributed by atoms with Crippen molar-refractivity contribution >= 4 is 30.5 Å². The van der Waals surface area contributed by atoms with Crippen LogP contribution in [0.15, 0.2) is 42.6 Å². The van der Waals surface area contributed by atoms with Crippen molar-refractivity contribution in [3.05, 3.63) is 53.7 Å². The van der Waals surface area contributed by atoms with Crippen molar-refractivity contribution in [1.82, 2.24) is 10.3 Å². The number of rotatable bonds is 4. The van der Waals surface area contributed by atoms with E-state index in [9.17, 15) is 0 Å². The van der Waals surface area contributed by atoms with Gasteiger partial charge in [-0.05, 0) is 42.6 Å². The molecule has 3 heterocycles. The molecule has 0 amide bonds. The van der Waals surface area contributed by atoms with Crippen molar-refractivity contribution in [2.24, 2.45) is 0 Å². The van der Waals surface area contributed by atoms with E-state index in [4.69, 9.17) is 4.74 Å². The lowest BCUT2D eigenvalue weighted by atomic mass is 10.1. The highest BCUT2D eigenvalue weighted by Crippen LogP contribution is 2.33. The molecule has 1 saturated heterocycles. The van der Waals surface area contributed by atoms with Gasteiger partial charge in [-0.2, -0.15) is 0 Å². The van der Waals surface area contributed by atoms with Gasteiger partial charge in [-0.1, -0.05) is 24.3 Å². The maximum Gasteiger partial charge on any atom is 0.237 e. The molecular formula is C18H23Cl2N3O. The van der Waals surface area contributed by atoms with Gasteiger partial charge in [0.1, 0.15) is 12.3 Å². The van der Waals surface area contributed by atoms with Crippen LogP contribution in [0.5, 0.6) is 5.88 Å². The van der Waals surface area contributed by atoms with E-state index in [1.165, 1.54) is 24.0 Å². The van der Waals surface area contributed by atoms with Crippen LogP contribution in [0.3, 0.4) is 0 Å². The highest BCUT2D eigenvalue weighted by Gasteiger charge is 2.22. The molecule has 6 heteroatoms. The lowest BCUT2D eigenvalue weighted by Gasteiger charge is -2.21. The zero-order valence-corrected chi connectivity index (χ0v) is 15.1. The molecule has 1 aromatic carbocycles. The molecule has 1 atom stereocenters. The fourth-order valence-electron chi connectivity index (χ4n) is 3.32. The first-order chi connectivity index (χ1) is 10.9. The molecule has 4 rings (SSSR count). The quantitative estimate of drug-likeness (QED) is 0.895. The molecule has 2 aromatic rings. The van der Waals surface area contributed by atoms with Crippen LogP contribution < -0.4 is 15.0 Å². The number of ether oxygens (including phenoxy) is 1. The van der Waals surface area contributed by atoms with Crippen molar-refractivity contribution in [2.45, 2.75) is 32.0 Å². The molecule has 0 unspecified atom stereocenters. The van der Waals surface area contributed by atoms with Gasteiger partial charge in [0.15, 0.2) is 0 Å². The van der Waals surface area contributed by atoms with E-state index in [1.54, 1.807) is 0 Å². The zero-order chi connectivity index (χ0) is 14.8. The molecule has 1 aromatic heterocycles. The Morgan fingerprint density at radius 2 is 1.83 bits per heavy atom. The summed E-state index contributed by atoms with van der Waals surface area (Å²) in [6.07, 6.45) is 4.24. The van der Waals surface area contributed by atoms with Crippen LogP contribution in [0, 0.1) is 0 Å². The van der Waals surface area contributed by atoms with Gasteiger partial charge in [0, 0.05) is 25.3 Å². The van der Waals surface area contributed by atoms with Crippen LogP contribution >= 0.6 is 24.8 Å². The summed E-state index contributed by atoms with van der Waals surface area (Å²) in [5.41, 5.74) is 3.89. The lowest BCUT2D eigenvalue weighted by molar-refractivity contribution is 0.268. The fourth-order valence-corrected chi connectivity index (χ4v) is 3.32. The Balaban J connectivity index is 0.00000104. The maximum atomic E-state index is 6.02. The van der Waals surface area contributed by atoms with Crippen LogP contribution in [0.4, 0.5) is 5.69 Å². The van der Waals surface area contributed by atoms with Crippen LogP contribution in [-0.2, 0) is 13.1 Å². The number of nitrogens with zero attached hydrogens (tertiary/aromatic N) is 2. The topological polar surface area (TPSA) is 37.4 Å². The Labute approximate surface area is 155 Å². The van der Waals surface area contributed by atoms with Crippen molar-refractivity contribution in [3.63, 3.8) is 0 Å². The van der Waals surface area contributed by atoms with E-state index < -0.39 is 0 Å². The van der Waals surface area contributed by atoms with Crippen molar-refractivity contribution in [3.8, 4) is 5.88 Å². The lowest BCUT2D eigenvalue weighted by Crippen LogP contribution is -2.28. The molecule has 0 spiro atoms. The maximum absolute atomic E-state index is 6.02. The normalized spacial score (nSPS) is 18.5. The average Bonchev–Trinajstić information content (AvgIpc) is 3.22. The third kappa shape index (κ3) is 3.94. The number of hydrogen-bond donors (Lipinski definition) is 1. The van der Waals surface area contributed by atoms with Gasteiger partial charge in [0.25, 0.3) is 0 Å². The third-order valence-corrected chi connectivity index (χ3v) is 4.52. The smallest absolute Gasteiger partial charge is 0.237 e. The second kappa shape index (κ2) is 8.56. The Morgan fingerprint density at radius 1 is 1.08 bits per heavy atom. The van der Waals surface area contributed by atoms with Gasteiger partial charge in [-0.3, -0.25) is 0 Å². The number of fused-ring (bicyclic) bond motifs is 1. The molecule has 0 saturated carbocycles. The monoisotopic (exact) mass is 367 g/mol. The Bertz CT molecular complexity index is 637. The van der Waals surface area contributed by atoms with Gasteiger partial charge in [0.05, 0.1) is 0 Å².